The number of hydrogen-bond donors (Lipinski definition) is 1. The molecule has 1 atom stereocenters. The summed E-state index contributed by atoms with van der Waals surface area (Å²) in [6, 6.07) is 7.57. The van der Waals surface area contributed by atoms with E-state index >= 15 is 0 Å². The smallest absolute Gasteiger partial charge is 0.234 e. The van der Waals surface area contributed by atoms with Crippen molar-refractivity contribution in [3.05, 3.63) is 35.6 Å². The molecule has 1 aromatic carbocycles. The van der Waals surface area contributed by atoms with Gasteiger partial charge in [-0.05, 0) is 45.0 Å². The van der Waals surface area contributed by atoms with Crippen LogP contribution in [0.4, 0.5) is 4.39 Å². The van der Waals surface area contributed by atoms with Crippen molar-refractivity contribution in [2.45, 2.75) is 43.6 Å². The first-order valence-corrected chi connectivity index (χ1v) is 9.41. The van der Waals surface area contributed by atoms with Crippen LogP contribution in [0.2, 0.25) is 0 Å². The minimum atomic E-state index is -0.238. The highest BCUT2D eigenvalue weighted by Gasteiger charge is 2.38. The number of carbonyl (C=O) groups excluding carboxylic acids is 1. The lowest BCUT2D eigenvalue weighted by molar-refractivity contribution is -0.122. The van der Waals surface area contributed by atoms with Gasteiger partial charge in [-0.2, -0.15) is 0 Å². The van der Waals surface area contributed by atoms with Crippen molar-refractivity contribution < 1.29 is 9.18 Å². The van der Waals surface area contributed by atoms with Gasteiger partial charge in [0, 0.05) is 31.1 Å². The first-order chi connectivity index (χ1) is 12.0. The Hall–Kier alpha value is -1.46. The molecule has 4 nitrogen and oxygen atoms in total. The van der Waals surface area contributed by atoms with Crippen LogP contribution in [-0.2, 0) is 10.2 Å². The van der Waals surface area contributed by atoms with Crippen LogP contribution < -0.4 is 5.32 Å². The van der Waals surface area contributed by atoms with E-state index in [1.807, 2.05) is 12.1 Å². The van der Waals surface area contributed by atoms with Crippen molar-refractivity contribution in [2.75, 3.05) is 40.3 Å². The van der Waals surface area contributed by atoms with E-state index in [2.05, 4.69) is 29.2 Å². The summed E-state index contributed by atoms with van der Waals surface area (Å²) < 4.78 is 14.3. The van der Waals surface area contributed by atoms with Crippen LogP contribution in [-0.4, -0.2) is 62.0 Å². The van der Waals surface area contributed by atoms with Crippen molar-refractivity contribution in [2.24, 2.45) is 0 Å². The Balaban J connectivity index is 1.57. The van der Waals surface area contributed by atoms with Crippen LogP contribution in [0.15, 0.2) is 24.3 Å². The Labute approximate surface area is 150 Å². The molecule has 1 N–H and O–H groups in total. The summed E-state index contributed by atoms with van der Waals surface area (Å²) in [6.45, 7) is 2.89. The van der Waals surface area contributed by atoms with Gasteiger partial charge in [-0.15, -0.1) is 0 Å². The highest BCUT2D eigenvalue weighted by atomic mass is 19.1. The number of likely N-dealkylation sites (tertiary alicyclic amines) is 1. The van der Waals surface area contributed by atoms with Gasteiger partial charge in [0.25, 0.3) is 0 Å². The van der Waals surface area contributed by atoms with Gasteiger partial charge in [-0.3, -0.25) is 9.69 Å². The standard InChI is InChI=1S/C20H30FN3O/c1-23(2)16-9-12-24(13-16)14-19(25)22-15-20(10-5-6-11-20)17-7-3-4-8-18(17)21/h3-4,7-8,16H,5-6,9-15H2,1-2H3,(H,22,25)/t16-/m1/s1. The number of benzene rings is 1. The summed E-state index contributed by atoms with van der Waals surface area (Å²) in [5.74, 6) is -0.0889. The van der Waals surface area contributed by atoms with E-state index in [9.17, 15) is 9.18 Å². The molecule has 2 aliphatic rings. The zero-order valence-corrected chi connectivity index (χ0v) is 15.4. The first kappa shape index (κ1) is 18.3. The van der Waals surface area contributed by atoms with Crippen LogP contribution in [0.1, 0.15) is 37.7 Å². The molecule has 1 aromatic rings. The Bertz CT molecular complexity index is 598. The maximum absolute atomic E-state index is 14.3. The third-order valence-electron chi connectivity index (χ3n) is 5.97. The quantitative estimate of drug-likeness (QED) is 0.858. The van der Waals surface area contributed by atoms with E-state index in [-0.39, 0.29) is 17.1 Å². The topological polar surface area (TPSA) is 35.6 Å². The van der Waals surface area contributed by atoms with Gasteiger partial charge >= 0.3 is 0 Å². The second-order valence-electron chi connectivity index (χ2n) is 7.89. The third kappa shape index (κ3) is 4.21. The zero-order valence-electron chi connectivity index (χ0n) is 15.4. The number of carbonyl (C=O) groups is 1. The fourth-order valence-corrected chi connectivity index (χ4v) is 4.39. The molecule has 0 aromatic heterocycles. The molecule has 1 aliphatic carbocycles. The van der Waals surface area contributed by atoms with Gasteiger partial charge in [0.05, 0.1) is 6.54 Å². The van der Waals surface area contributed by atoms with Crippen molar-refractivity contribution in [1.29, 1.82) is 0 Å². The average Bonchev–Trinajstić information content (AvgIpc) is 3.23. The minimum absolute atomic E-state index is 0.0574. The second-order valence-corrected chi connectivity index (χ2v) is 7.89. The fraction of sp³-hybridized carbons (Fsp3) is 0.650. The van der Waals surface area contributed by atoms with Gasteiger partial charge in [-0.25, -0.2) is 4.39 Å². The third-order valence-corrected chi connectivity index (χ3v) is 5.97. The number of rotatable bonds is 6. The van der Waals surface area contributed by atoms with Crippen molar-refractivity contribution in [3.63, 3.8) is 0 Å². The summed E-state index contributed by atoms with van der Waals surface area (Å²) in [4.78, 5) is 16.9. The Morgan fingerprint density at radius 2 is 2.04 bits per heavy atom. The second kappa shape index (κ2) is 7.83. The summed E-state index contributed by atoms with van der Waals surface area (Å²) in [5.41, 5.74) is 0.527. The van der Waals surface area contributed by atoms with E-state index in [0.29, 0.717) is 19.1 Å². The van der Waals surface area contributed by atoms with Crippen LogP contribution in [0, 0.1) is 5.82 Å². The molecule has 0 unspecified atom stereocenters. The van der Waals surface area contributed by atoms with Crippen LogP contribution >= 0.6 is 0 Å². The first-order valence-electron chi connectivity index (χ1n) is 9.41. The number of likely N-dealkylation sites (N-methyl/N-ethyl adjacent to an activating group) is 1. The Morgan fingerprint density at radius 3 is 2.68 bits per heavy atom. The molecular weight excluding hydrogens is 317 g/mol. The Morgan fingerprint density at radius 1 is 1.32 bits per heavy atom. The lowest BCUT2D eigenvalue weighted by atomic mass is 9.78. The molecule has 1 saturated heterocycles. The zero-order chi connectivity index (χ0) is 17.9. The molecule has 1 amide bonds. The monoisotopic (exact) mass is 347 g/mol. The number of amides is 1. The van der Waals surface area contributed by atoms with Gasteiger partial charge < -0.3 is 10.2 Å². The van der Waals surface area contributed by atoms with E-state index in [1.54, 1.807) is 6.07 Å². The number of hydrogen-bond acceptors (Lipinski definition) is 3. The van der Waals surface area contributed by atoms with Gasteiger partial charge in [-0.1, -0.05) is 31.0 Å². The molecule has 2 fully saturated rings. The maximum atomic E-state index is 14.3. The molecule has 1 aliphatic heterocycles. The van der Waals surface area contributed by atoms with Crippen LogP contribution in [0.3, 0.4) is 0 Å². The van der Waals surface area contributed by atoms with E-state index in [1.165, 1.54) is 6.07 Å². The summed E-state index contributed by atoms with van der Waals surface area (Å²) in [7, 11) is 4.18. The number of nitrogens with one attached hydrogen (secondary N) is 1. The average molecular weight is 347 g/mol. The molecule has 0 radical (unpaired) electrons. The molecule has 1 saturated carbocycles. The summed E-state index contributed by atoms with van der Waals surface area (Å²) >= 11 is 0. The lowest BCUT2D eigenvalue weighted by Gasteiger charge is -2.30. The molecular formula is C20H30FN3O. The van der Waals surface area contributed by atoms with Gasteiger partial charge in [0.1, 0.15) is 5.82 Å². The normalized spacial score (nSPS) is 23.3. The molecule has 0 spiro atoms. The molecule has 25 heavy (non-hydrogen) atoms. The molecule has 0 bridgehead atoms. The van der Waals surface area contributed by atoms with E-state index in [4.69, 9.17) is 0 Å². The van der Waals surface area contributed by atoms with Gasteiger partial charge in [0.2, 0.25) is 5.91 Å². The highest BCUT2D eigenvalue weighted by Crippen LogP contribution is 2.41. The van der Waals surface area contributed by atoms with Crippen LogP contribution in [0.25, 0.3) is 0 Å². The maximum Gasteiger partial charge on any atom is 0.234 e. The van der Waals surface area contributed by atoms with E-state index < -0.39 is 0 Å². The van der Waals surface area contributed by atoms with Crippen molar-refractivity contribution >= 4 is 5.91 Å². The predicted molar refractivity (Wildman–Crippen MR) is 98.1 cm³/mol. The minimum Gasteiger partial charge on any atom is -0.354 e. The summed E-state index contributed by atoms with van der Waals surface area (Å²) in [6.07, 6.45) is 5.20. The highest BCUT2D eigenvalue weighted by molar-refractivity contribution is 5.78. The number of halogens is 1. The SMILES string of the molecule is CN(C)[C@@H]1CCN(CC(=O)NCC2(c3ccccc3F)CCCC2)C1. The van der Waals surface area contributed by atoms with E-state index in [0.717, 1.165) is 50.8 Å². The Kier molecular flexibility index (Phi) is 5.74. The molecule has 5 heteroatoms. The fourth-order valence-electron chi connectivity index (χ4n) is 4.39. The van der Waals surface area contributed by atoms with Gasteiger partial charge in [0.15, 0.2) is 0 Å². The largest absolute Gasteiger partial charge is 0.354 e. The predicted octanol–water partition coefficient (Wildman–Crippen LogP) is 2.39. The molecule has 1 heterocycles. The lowest BCUT2D eigenvalue weighted by Crippen LogP contribution is -2.44. The summed E-state index contributed by atoms with van der Waals surface area (Å²) in [5, 5.41) is 3.10. The molecule has 138 valence electrons. The van der Waals surface area contributed by atoms with Crippen LogP contribution in [0.5, 0.6) is 0 Å². The van der Waals surface area contributed by atoms with Crippen molar-refractivity contribution in [1.82, 2.24) is 15.1 Å². The van der Waals surface area contributed by atoms with Crippen molar-refractivity contribution in [3.8, 4) is 0 Å². The number of nitrogens with zero attached hydrogens (tertiary/aromatic N) is 2. The molecule has 3 rings (SSSR count).